The van der Waals surface area contributed by atoms with Gasteiger partial charge in [-0.05, 0) is 36.8 Å². The highest BCUT2D eigenvalue weighted by Gasteiger charge is 2.16. The average Bonchev–Trinajstić information content (AvgIpc) is 2.49. The molecule has 0 radical (unpaired) electrons. The number of aromatic nitrogens is 1. The number of nitrogens with one attached hydrogen (secondary N) is 1. The van der Waals surface area contributed by atoms with Gasteiger partial charge < -0.3 is 4.74 Å². The second-order valence-electron chi connectivity index (χ2n) is 4.17. The third-order valence-electron chi connectivity index (χ3n) is 2.68. The Bertz CT molecular complexity index is 702. The minimum atomic E-state index is -3.66. The molecular formula is C14H15BrN2O3S. The highest BCUT2D eigenvalue weighted by atomic mass is 79.9. The molecule has 5 nitrogen and oxygen atoms in total. The van der Waals surface area contributed by atoms with Gasteiger partial charge in [-0.15, -0.1) is 0 Å². The van der Waals surface area contributed by atoms with Crippen molar-refractivity contribution < 1.29 is 13.2 Å². The van der Waals surface area contributed by atoms with Crippen LogP contribution >= 0.6 is 15.9 Å². The third kappa shape index (κ3) is 3.95. The molecule has 7 heteroatoms. The standard InChI is InChI=1S/C14H15BrN2O3S/c1-2-20-14-13(4-3-9-16-14)17-21(18,19)12-7-5-11(10-15)6-8-12/h3-9,17H,2,10H2,1H3. The lowest BCUT2D eigenvalue weighted by molar-refractivity contribution is 0.329. The zero-order chi connectivity index (χ0) is 15.3. The maximum atomic E-state index is 12.4. The van der Waals surface area contributed by atoms with E-state index in [1.54, 1.807) is 42.6 Å². The van der Waals surface area contributed by atoms with Crippen LogP contribution in [-0.2, 0) is 15.4 Å². The largest absolute Gasteiger partial charge is 0.476 e. The molecule has 1 heterocycles. The summed E-state index contributed by atoms with van der Waals surface area (Å²) in [4.78, 5) is 4.21. The Morgan fingerprint density at radius 2 is 1.95 bits per heavy atom. The van der Waals surface area contributed by atoms with Gasteiger partial charge in [0.1, 0.15) is 5.69 Å². The maximum Gasteiger partial charge on any atom is 0.262 e. The Labute approximate surface area is 132 Å². The van der Waals surface area contributed by atoms with Crippen molar-refractivity contribution in [1.29, 1.82) is 0 Å². The molecule has 112 valence electrons. The van der Waals surface area contributed by atoms with Gasteiger partial charge in [0, 0.05) is 11.5 Å². The second-order valence-corrected chi connectivity index (χ2v) is 6.42. The number of hydrogen-bond donors (Lipinski definition) is 1. The molecule has 2 aromatic rings. The number of nitrogens with zero attached hydrogens (tertiary/aromatic N) is 1. The van der Waals surface area contributed by atoms with E-state index < -0.39 is 10.0 Å². The van der Waals surface area contributed by atoms with Crippen molar-refractivity contribution >= 4 is 31.6 Å². The van der Waals surface area contributed by atoms with Crippen molar-refractivity contribution in [3.63, 3.8) is 0 Å². The molecule has 0 fully saturated rings. The van der Waals surface area contributed by atoms with Gasteiger partial charge in [0.05, 0.1) is 11.5 Å². The van der Waals surface area contributed by atoms with E-state index in [4.69, 9.17) is 4.74 Å². The fourth-order valence-electron chi connectivity index (χ4n) is 1.68. The van der Waals surface area contributed by atoms with E-state index in [0.717, 1.165) is 5.56 Å². The van der Waals surface area contributed by atoms with Gasteiger partial charge in [-0.25, -0.2) is 13.4 Å². The smallest absolute Gasteiger partial charge is 0.262 e. The highest BCUT2D eigenvalue weighted by molar-refractivity contribution is 9.08. The van der Waals surface area contributed by atoms with Crippen molar-refractivity contribution in [2.24, 2.45) is 0 Å². The van der Waals surface area contributed by atoms with E-state index in [1.165, 1.54) is 0 Å². The van der Waals surface area contributed by atoms with Gasteiger partial charge in [0.2, 0.25) is 5.88 Å². The monoisotopic (exact) mass is 370 g/mol. The van der Waals surface area contributed by atoms with Crippen molar-refractivity contribution in [3.05, 3.63) is 48.2 Å². The number of benzene rings is 1. The number of rotatable bonds is 6. The summed E-state index contributed by atoms with van der Waals surface area (Å²) in [6.07, 6.45) is 1.55. The number of ether oxygens (including phenoxy) is 1. The third-order valence-corrected chi connectivity index (χ3v) is 4.71. The van der Waals surface area contributed by atoms with Crippen molar-refractivity contribution in [3.8, 4) is 5.88 Å². The molecule has 0 atom stereocenters. The normalized spacial score (nSPS) is 11.1. The number of pyridine rings is 1. The summed E-state index contributed by atoms with van der Waals surface area (Å²) in [5, 5.41) is 0.678. The number of halogens is 1. The number of sulfonamides is 1. The lowest BCUT2D eigenvalue weighted by Gasteiger charge is -2.11. The topological polar surface area (TPSA) is 68.3 Å². The number of anilines is 1. The Hall–Kier alpha value is -1.60. The quantitative estimate of drug-likeness (QED) is 0.792. The van der Waals surface area contributed by atoms with Crippen LogP contribution in [0.2, 0.25) is 0 Å². The first kappa shape index (κ1) is 15.8. The molecule has 0 saturated carbocycles. The summed E-state index contributed by atoms with van der Waals surface area (Å²) in [6, 6.07) is 9.91. The molecule has 0 aliphatic rings. The minimum Gasteiger partial charge on any atom is -0.476 e. The lowest BCUT2D eigenvalue weighted by atomic mass is 10.2. The summed E-state index contributed by atoms with van der Waals surface area (Å²) >= 11 is 3.32. The summed E-state index contributed by atoms with van der Waals surface area (Å²) in [7, 11) is -3.66. The van der Waals surface area contributed by atoms with Gasteiger partial charge in [-0.2, -0.15) is 0 Å². The van der Waals surface area contributed by atoms with Crippen LogP contribution in [0.25, 0.3) is 0 Å². The summed E-state index contributed by atoms with van der Waals surface area (Å²) in [6.45, 7) is 2.22. The van der Waals surface area contributed by atoms with Crippen molar-refractivity contribution in [2.45, 2.75) is 17.1 Å². The van der Waals surface area contributed by atoms with Gasteiger partial charge in [-0.3, -0.25) is 4.72 Å². The molecule has 21 heavy (non-hydrogen) atoms. The van der Waals surface area contributed by atoms with Crippen LogP contribution in [0.15, 0.2) is 47.5 Å². The van der Waals surface area contributed by atoms with Crippen LogP contribution in [0.3, 0.4) is 0 Å². The van der Waals surface area contributed by atoms with Crippen LogP contribution in [0.5, 0.6) is 5.88 Å². The highest BCUT2D eigenvalue weighted by Crippen LogP contribution is 2.24. The average molecular weight is 371 g/mol. The van der Waals surface area contributed by atoms with Gasteiger partial charge in [0.15, 0.2) is 0 Å². The molecular weight excluding hydrogens is 356 g/mol. The first-order valence-electron chi connectivity index (χ1n) is 6.32. The predicted molar refractivity (Wildman–Crippen MR) is 85.3 cm³/mol. The molecule has 0 spiro atoms. The lowest BCUT2D eigenvalue weighted by Crippen LogP contribution is -2.14. The fourth-order valence-corrected chi connectivity index (χ4v) is 3.11. The molecule has 1 aromatic heterocycles. The summed E-state index contributed by atoms with van der Waals surface area (Å²) < 4.78 is 32.5. The Kier molecular flexibility index (Phi) is 5.19. The first-order chi connectivity index (χ1) is 10.1. The Morgan fingerprint density at radius 1 is 1.24 bits per heavy atom. The van der Waals surface area contributed by atoms with Crippen LogP contribution < -0.4 is 9.46 Å². The molecule has 0 unspecified atom stereocenters. The number of hydrogen-bond acceptors (Lipinski definition) is 4. The van der Waals surface area contributed by atoms with Crippen molar-refractivity contribution in [2.75, 3.05) is 11.3 Å². The van der Waals surface area contributed by atoms with Crippen LogP contribution in [-0.4, -0.2) is 20.0 Å². The van der Waals surface area contributed by atoms with Crippen LogP contribution in [0.1, 0.15) is 12.5 Å². The molecule has 1 N–H and O–H groups in total. The van der Waals surface area contributed by atoms with Gasteiger partial charge >= 0.3 is 0 Å². The minimum absolute atomic E-state index is 0.193. The molecule has 0 aliphatic heterocycles. The summed E-state index contributed by atoms with van der Waals surface area (Å²) in [5.74, 6) is 0.264. The molecule has 1 aromatic carbocycles. The zero-order valence-electron chi connectivity index (χ0n) is 11.4. The van der Waals surface area contributed by atoms with E-state index >= 15 is 0 Å². The van der Waals surface area contributed by atoms with Gasteiger partial charge in [-0.1, -0.05) is 28.1 Å². The maximum absolute atomic E-state index is 12.4. The van der Waals surface area contributed by atoms with E-state index in [2.05, 4.69) is 25.6 Å². The molecule has 0 aliphatic carbocycles. The van der Waals surface area contributed by atoms with Crippen molar-refractivity contribution in [1.82, 2.24) is 4.98 Å². The Balaban J connectivity index is 2.28. The molecule has 0 saturated heterocycles. The molecule has 2 rings (SSSR count). The van der Waals surface area contributed by atoms with Gasteiger partial charge in [0.25, 0.3) is 10.0 Å². The fraction of sp³-hybridized carbons (Fsp3) is 0.214. The van der Waals surface area contributed by atoms with E-state index in [-0.39, 0.29) is 10.8 Å². The molecule has 0 bridgehead atoms. The Morgan fingerprint density at radius 3 is 2.57 bits per heavy atom. The van der Waals surface area contributed by atoms with Crippen LogP contribution in [0, 0.1) is 0 Å². The first-order valence-corrected chi connectivity index (χ1v) is 8.93. The SMILES string of the molecule is CCOc1ncccc1NS(=O)(=O)c1ccc(CBr)cc1. The predicted octanol–water partition coefficient (Wildman–Crippen LogP) is 3.18. The van der Waals surface area contributed by atoms with E-state index in [1.807, 2.05) is 6.92 Å². The van der Waals surface area contributed by atoms with E-state index in [9.17, 15) is 8.42 Å². The zero-order valence-corrected chi connectivity index (χ0v) is 13.8. The summed E-state index contributed by atoms with van der Waals surface area (Å²) in [5.41, 5.74) is 1.33. The molecule has 0 amide bonds. The van der Waals surface area contributed by atoms with E-state index in [0.29, 0.717) is 17.6 Å². The second kappa shape index (κ2) is 6.91. The number of alkyl halides is 1. The van der Waals surface area contributed by atoms with Crippen LogP contribution in [0.4, 0.5) is 5.69 Å².